The Kier molecular flexibility index (Phi) is 6.18. The number of amides is 2. The lowest BCUT2D eigenvalue weighted by Gasteiger charge is -2.21. The Morgan fingerprint density at radius 3 is 2.61 bits per heavy atom. The molecule has 4 rings (SSSR count). The molecular formula is C24H27FN4O4. The second-order valence-electron chi connectivity index (χ2n) is 9.03. The molecule has 0 unspecified atom stereocenters. The molecule has 0 radical (unpaired) electrons. The highest BCUT2D eigenvalue weighted by Gasteiger charge is 2.23. The molecule has 8 nitrogen and oxygen atoms in total. The van der Waals surface area contributed by atoms with Gasteiger partial charge in [-0.2, -0.15) is 0 Å². The van der Waals surface area contributed by atoms with Crippen LogP contribution in [0.25, 0.3) is 11.0 Å². The highest BCUT2D eigenvalue weighted by molar-refractivity contribution is 5.92. The highest BCUT2D eigenvalue weighted by Crippen LogP contribution is 2.30. The standard InChI is InChI=1S/C24H27FN4O4/c1-14(17-11-15(5-7-18(17)25)22-32-9-10-33-22)29-20-8-6-16(12-19(20)26-13-21(29)30)27-23(31)28-24(2,3)4/h5-8,11-14,22H,9-10H2,1-4H3,(H2,27,28,31)/t14-/m0/s1. The molecule has 2 aromatic carbocycles. The fourth-order valence-electron chi connectivity index (χ4n) is 3.84. The van der Waals surface area contributed by atoms with E-state index in [1.165, 1.54) is 16.8 Å². The molecule has 1 aliphatic rings. The first-order valence-electron chi connectivity index (χ1n) is 10.8. The summed E-state index contributed by atoms with van der Waals surface area (Å²) >= 11 is 0. The molecule has 0 saturated carbocycles. The van der Waals surface area contributed by atoms with E-state index in [-0.39, 0.29) is 17.1 Å². The monoisotopic (exact) mass is 454 g/mol. The number of fused-ring (bicyclic) bond motifs is 1. The van der Waals surface area contributed by atoms with E-state index < -0.39 is 18.1 Å². The average molecular weight is 455 g/mol. The van der Waals surface area contributed by atoms with Crippen LogP contribution in [0.15, 0.2) is 47.4 Å². The van der Waals surface area contributed by atoms with Crippen LogP contribution in [-0.4, -0.2) is 34.3 Å². The Morgan fingerprint density at radius 1 is 1.18 bits per heavy atom. The van der Waals surface area contributed by atoms with Gasteiger partial charge in [-0.05, 0) is 58.0 Å². The summed E-state index contributed by atoms with van der Waals surface area (Å²) in [6, 6.07) is 8.73. The molecule has 9 heteroatoms. The molecule has 0 aliphatic carbocycles. The lowest BCUT2D eigenvalue weighted by molar-refractivity contribution is -0.0442. The molecule has 1 aromatic heterocycles. The van der Waals surface area contributed by atoms with E-state index in [0.29, 0.717) is 41.1 Å². The number of aromatic nitrogens is 2. The normalized spacial score (nSPS) is 15.5. The van der Waals surface area contributed by atoms with Gasteiger partial charge in [-0.25, -0.2) is 14.2 Å². The van der Waals surface area contributed by atoms with E-state index in [2.05, 4.69) is 15.6 Å². The fraction of sp³-hybridized carbons (Fsp3) is 0.375. The van der Waals surface area contributed by atoms with Gasteiger partial charge in [0, 0.05) is 22.4 Å². The van der Waals surface area contributed by atoms with Crippen molar-refractivity contribution in [2.24, 2.45) is 0 Å². The minimum absolute atomic E-state index is 0.341. The van der Waals surface area contributed by atoms with Gasteiger partial charge in [0.15, 0.2) is 6.29 Å². The second kappa shape index (κ2) is 8.92. The lowest BCUT2D eigenvalue weighted by Crippen LogP contribution is -2.43. The number of ether oxygens (including phenoxy) is 2. The minimum atomic E-state index is -0.618. The molecule has 3 aromatic rings. The van der Waals surface area contributed by atoms with Crippen molar-refractivity contribution in [3.63, 3.8) is 0 Å². The third-order valence-electron chi connectivity index (χ3n) is 5.28. The molecule has 1 aliphatic heterocycles. The SMILES string of the molecule is C[C@@H](c1cc(C2OCCO2)ccc1F)n1c(=O)cnc2cc(NC(=O)NC(C)(C)C)ccc21. The van der Waals surface area contributed by atoms with Gasteiger partial charge in [-0.3, -0.25) is 9.36 Å². The zero-order valence-corrected chi connectivity index (χ0v) is 19.0. The fourth-order valence-corrected chi connectivity index (χ4v) is 3.84. The first kappa shape index (κ1) is 22.9. The van der Waals surface area contributed by atoms with Crippen LogP contribution in [0.3, 0.4) is 0 Å². The first-order chi connectivity index (χ1) is 15.6. The molecule has 1 saturated heterocycles. The predicted octanol–water partition coefficient (Wildman–Crippen LogP) is 4.11. The van der Waals surface area contributed by atoms with Crippen molar-refractivity contribution in [1.82, 2.24) is 14.9 Å². The summed E-state index contributed by atoms with van der Waals surface area (Å²) in [6.45, 7) is 8.36. The molecule has 2 heterocycles. The third kappa shape index (κ3) is 5.04. The second-order valence-corrected chi connectivity index (χ2v) is 9.03. The number of nitrogens with zero attached hydrogens (tertiary/aromatic N) is 2. The van der Waals surface area contributed by atoms with Crippen LogP contribution in [0.5, 0.6) is 0 Å². The van der Waals surface area contributed by atoms with E-state index in [4.69, 9.17) is 9.47 Å². The number of anilines is 1. The minimum Gasteiger partial charge on any atom is -0.346 e. The van der Waals surface area contributed by atoms with Gasteiger partial charge in [-0.15, -0.1) is 0 Å². The van der Waals surface area contributed by atoms with Crippen LogP contribution in [-0.2, 0) is 9.47 Å². The Balaban J connectivity index is 1.69. The van der Waals surface area contributed by atoms with Crippen molar-refractivity contribution < 1.29 is 18.7 Å². The number of halogens is 1. The molecular weight excluding hydrogens is 427 g/mol. The van der Waals surface area contributed by atoms with Crippen molar-refractivity contribution in [2.45, 2.75) is 45.6 Å². The number of hydrogen-bond acceptors (Lipinski definition) is 5. The third-order valence-corrected chi connectivity index (χ3v) is 5.28. The largest absolute Gasteiger partial charge is 0.346 e. The number of benzene rings is 2. The molecule has 1 atom stereocenters. The Morgan fingerprint density at radius 2 is 1.91 bits per heavy atom. The van der Waals surface area contributed by atoms with Gasteiger partial charge < -0.3 is 20.1 Å². The molecule has 1 fully saturated rings. The maximum Gasteiger partial charge on any atom is 0.319 e. The summed E-state index contributed by atoms with van der Waals surface area (Å²) in [7, 11) is 0. The van der Waals surface area contributed by atoms with Crippen molar-refractivity contribution in [2.75, 3.05) is 18.5 Å². The smallest absolute Gasteiger partial charge is 0.319 e. The van der Waals surface area contributed by atoms with Crippen LogP contribution in [0.2, 0.25) is 0 Å². The molecule has 0 spiro atoms. The summed E-state index contributed by atoms with van der Waals surface area (Å²) in [6.07, 6.45) is 0.651. The van der Waals surface area contributed by atoms with Crippen molar-refractivity contribution in [3.05, 3.63) is 69.9 Å². The number of carbonyl (C=O) groups is 1. The quantitative estimate of drug-likeness (QED) is 0.619. The Hall–Kier alpha value is -3.30. The van der Waals surface area contributed by atoms with E-state index in [1.807, 2.05) is 20.8 Å². The molecule has 33 heavy (non-hydrogen) atoms. The molecule has 0 bridgehead atoms. The van der Waals surface area contributed by atoms with Crippen LogP contribution < -0.4 is 16.2 Å². The van der Waals surface area contributed by atoms with Gasteiger partial charge in [0.2, 0.25) is 0 Å². The number of hydrogen-bond donors (Lipinski definition) is 2. The average Bonchev–Trinajstić information content (AvgIpc) is 3.27. The number of urea groups is 1. The first-order valence-corrected chi connectivity index (χ1v) is 10.8. The molecule has 2 N–H and O–H groups in total. The van der Waals surface area contributed by atoms with Crippen LogP contribution >= 0.6 is 0 Å². The number of rotatable bonds is 4. The maximum atomic E-state index is 14.8. The summed E-state index contributed by atoms with van der Waals surface area (Å²) in [4.78, 5) is 29.2. The van der Waals surface area contributed by atoms with Gasteiger partial charge in [0.05, 0.1) is 36.5 Å². The topological polar surface area (TPSA) is 94.5 Å². The van der Waals surface area contributed by atoms with Gasteiger partial charge in [0.25, 0.3) is 5.56 Å². The van der Waals surface area contributed by atoms with E-state index >= 15 is 0 Å². The van der Waals surface area contributed by atoms with Gasteiger partial charge in [-0.1, -0.05) is 6.07 Å². The summed E-state index contributed by atoms with van der Waals surface area (Å²) in [5.74, 6) is -0.432. The van der Waals surface area contributed by atoms with Gasteiger partial charge >= 0.3 is 6.03 Å². The lowest BCUT2D eigenvalue weighted by atomic mass is 10.0. The van der Waals surface area contributed by atoms with Crippen molar-refractivity contribution >= 4 is 22.8 Å². The van der Waals surface area contributed by atoms with E-state index in [1.54, 1.807) is 37.3 Å². The van der Waals surface area contributed by atoms with Crippen LogP contribution in [0.1, 0.15) is 51.2 Å². The number of nitrogens with one attached hydrogen (secondary N) is 2. The molecule has 2 amide bonds. The van der Waals surface area contributed by atoms with Crippen molar-refractivity contribution in [1.29, 1.82) is 0 Å². The van der Waals surface area contributed by atoms with Crippen LogP contribution in [0, 0.1) is 5.82 Å². The Labute approximate surface area is 190 Å². The summed E-state index contributed by atoms with van der Waals surface area (Å²) in [5.41, 5.74) is 1.83. The van der Waals surface area contributed by atoms with E-state index in [9.17, 15) is 14.0 Å². The highest BCUT2D eigenvalue weighted by atomic mass is 19.1. The van der Waals surface area contributed by atoms with Crippen molar-refractivity contribution in [3.8, 4) is 0 Å². The summed E-state index contributed by atoms with van der Waals surface area (Å²) < 4.78 is 27.3. The zero-order valence-electron chi connectivity index (χ0n) is 19.0. The summed E-state index contributed by atoms with van der Waals surface area (Å²) in [5, 5.41) is 5.59. The maximum absolute atomic E-state index is 14.8. The number of carbonyl (C=O) groups excluding carboxylic acids is 1. The zero-order chi connectivity index (χ0) is 23.8. The molecule has 174 valence electrons. The van der Waals surface area contributed by atoms with Gasteiger partial charge in [0.1, 0.15) is 5.82 Å². The Bertz CT molecular complexity index is 1250. The predicted molar refractivity (Wildman–Crippen MR) is 123 cm³/mol. The van der Waals surface area contributed by atoms with E-state index in [0.717, 1.165) is 0 Å². The van der Waals surface area contributed by atoms with Crippen LogP contribution in [0.4, 0.5) is 14.9 Å².